The van der Waals surface area contributed by atoms with E-state index in [0.29, 0.717) is 12.8 Å². The van der Waals surface area contributed by atoms with E-state index in [4.69, 9.17) is 0 Å². The van der Waals surface area contributed by atoms with E-state index in [1.807, 2.05) is 6.92 Å². The minimum atomic E-state index is -4.15. The van der Waals surface area contributed by atoms with Gasteiger partial charge in [0.25, 0.3) is 0 Å². The fourth-order valence-corrected chi connectivity index (χ4v) is 3.61. The summed E-state index contributed by atoms with van der Waals surface area (Å²) in [7, 11) is -4.15. The maximum atomic E-state index is 11.1. The number of rotatable bonds is 14. The number of hydrogen-bond acceptors (Lipinski definition) is 4. The van der Waals surface area contributed by atoms with Crippen molar-refractivity contribution in [3.8, 4) is 0 Å². The Morgan fingerprint density at radius 1 is 0.818 bits per heavy atom. The molecule has 22 heavy (non-hydrogen) atoms. The first-order valence-corrected chi connectivity index (χ1v) is 10.0. The van der Waals surface area contributed by atoms with Crippen LogP contribution in [0.3, 0.4) is 0 Å². The smallest absolute Gasteiger partial charge is 0.748 e. The molecule has 0 radical (unpaired) electrons. The standard InChI is InChI=1S/C16H34O4S.K/c1-3-5-6-8-12-15(17)13-9-7-10-14-16(11-4-2)21(18,19)20;/h15-17H,3-14H2,1-2H3,(H,18,19,20);/q;+1/p-1. The first-order valence-electron chi connectivity index (χ1n) is 8.54. The van der Waals surface area contributed by atoms with Gasteiger partial charge in [0, 0.05) is 5.25 Å². The monoisotopic (exact) mass is 360 g/mol. The molecule has 6 heteroatoms. The molecule has 0 spiro atoms. The summed E-state index contributed by atoms with van der Waals surface area (Å²) in [6.07, 6.45) is 10.4. The van der Waals surface area contributed by atoms with Gasteiger partial charge in [0.05, 0.1) is 16.2 Å². The summed E-state index contributed by atoms with van der Waals surface area (Å²) in [4.78, 5) is 0. The second-order valence-electron chi connectivity index (χ2n) is 6.04. The summed E-state index contributed by atoms with van der Waals surface area (Å²) in [5.74, 6) is 0. The van der Waals surface area contributed by atoms with Gasteiger partial charge < -0.3 is 9.66 Å². The predicted octanol–water partition coefficient (Wildman–Crippen LogP) is 0.986. The van der Waals surface area contributed by atoms with Gasteiger partial charge in [-0.1, -0.05) is 65.2 Å². The molecule has 4 nitrogen and oxygen atoms in total. The number of unbranched alkanes of at least 4 members (excludes halogenated alkanes) is 5. The van der Waals surface area contributed by atoms with Crippen LogP contribution in [0.2, 0.25) is 0 Å². The summed E-state index contributed by atoms with van der Waals surface area (Å²) in [6, 6.07) is 0. The Balaban J connectivity index is 0. The molecule has 0 fully saturated rings. The molecule has 0 bridgehead atoms. The van der Waals surface area contributed by atoms with E-state index < -0.39 is 15.4 Å². The zero-order chi connectivity index (χ0) is 16.1. The van der Waals surface area contributed by atoms with Crippen LogP contribution in [0, 0.1) is 0 Å². The third kappa shape index (κ3) is 15.1. The van der Waals surface area contributed by atoms with Gasteiger partial charge in [-0.25, -0.2) is 8.42 Å². The second kappa shape index (κ2) is 16.0. The molecule has 0 aliphatic heterocycles. The van der Waals surface area contributed by atoms with E-state index in [1.165, 1.54) is 19.3 Å². The van der Waals surface area contributed by atoms with Gasteiger partial charge in [0.1, 0.15) is 0 Å². The molecule has 2 atom stereocenters. The van der Waals surface area contributed by atoms with Crippen molar-refractivity contribution in [2.75, 3.05) is 0 Å². The van der Waals surface area contributed by atoms with Crippen LogP contribution in [0.5, 0.6) is 0 Å². The van der Waals surface area contributed by atoms with Crippen LogP contribution in [0.25, 0.3) is 0 Å². The van der Waals surface area contributed by atoms with Gasteiger partial charge in [-0.3, -0.25) is 0 Å². The SMILES string of the molecule is CCCCCCC(O)CCCCCC(CCC)S(=O)(=O)[O-].[K+]. The molecule has 1 N–H and O–H groups in total. The maximum absolute atomic E-state index is 11.1. The number of aliphatic hydroxyl groups excluding tert-OH is 1. The molecule has 0 saturated carbocycles. The van der Waals surface area contributed by atoms with Gasteiger partial charge in [-0.2, -0.15) is 0 Å². The zero-order valence-corrected chi connectivity index (χ0v) is 18.7. The topological polar surface area (TPSA) is 77.4 Å². The van der Waals surface area contributed by atoms with E-state index in [0.717, 1.165) is 44.9 Å². The van der Waals surface area contributed by atoms with Crippen LogP contribution in [-0.2, 0) is 10.1 Å². The van der Waals surface area contributed by atoms with Crippen molar-refractivity contribution in [3.63, 3.8) is 0 Å². The van der Waals surface area contributed by atoms with Crippen LogP contribution in [-0.4, -0.2) is 29.4 Å². The quantitative estimate of drug-likeness (QED) is 0.285. The Bertz CT molecular complexity index is 333. The van der Waals surface area contributed by atoms with Gasteiger partial charge in [-0.15, -0.1) is 0 Å². The van der Waals surface area contributed by atoms with E-state index in [1.54, 1.807) is 0 Å². The Hall–Kier alpha value is 1.51. The molecule has 2 unspecified atom stereocenters. The van der Waals surface area contributed by atoms with E-state index >= 15 is 0 Å². The fraction of sp³-hybridized carbons (Fsp3) is 1.00. The van der Waals surface area contributed by atoms with Crippen LogP contribution in [0.1, 0.15) is 90.9 Å². The summed E-state index contributed by atoms with van der Waals surface area (Å²) in [6.45, 7) is 4.07. The molecular weight excluding hydrogens is 327 g/mol. The molecular formula is C16H33KO4S. The van der Waals surface area contributed by atoms with Crippen LogP contribution in [0.15, 0.2) is 0 Å². The number of hydrogen-bond donors (Lipinski definition) is 1. The number of aliphatic hydroxyl groups is 1. The minimum absolute atomic E-state index is 0. The molecule has 0 aliphatic rings. The van der Waals surface area contributed by atoms with Crippen LogP contribution < -0.4 is 51.4 Å². The molecule has 0 amide bonds. The predicted molar refractivity (Wildman–Crippen MR) is 86.2 cm³/mol. The molecule has 0 heterocycles. The second-order valence-corrected chi connectivity index (χ2v) is 7.70. The van der Waals surface area contributed by atoms with Crippen molar-refractivity contribution in [2.45, 2.75) is 102 Å². The van der Waals surface area contributed by atoms with Gasteiger partial charge >= 0.3 is 51.4 Å². The molecule has 0 aromatic heterocycles. The Kier molecular flexibility index (Phi) is 18.7. The largest absolute Gasteiger partial charge is 1.00 e. The van der Waals surface area contributed by atoms with Gasteiger partial charge in [0.15, 0.2) is 0 Å². The van der Waals surface area contributed by atoms with Crippen molar-refractivity contribution >= 4 is 10.1 Å². The Morgan fingerprint density at radius 2 is 1.32 bits per heavy atom. The maximum Gasteiger partial charge on any atom is 1.00 e. The van der Waals surface area contributed by atoms with Gasteiger partial charge in [0.2, 0.25) is 0 Å². The normalized spacial score (nSPS) is 14.4. The fourth-order valence-electron chi connectivity index (χ4n) is 2.63. The third-order valence-electron chi connectivity index (χ3n) is 3.97. The van der Waals surface area contributed by atoms with Crippen molar-refractivity contribution < 1.29 is 69.5 Å². The molecule has 0 aromatic carbocycles. The average Bonchev–Trinajstić information content (AvgIpc) is 2.41. The first-order chi connectivity index (χ1) is 9.91. The third-order valence-corrected chi connectivity index (χ3v) is 5.26. The Labute approximate surface area is 180 Å². The van der Waals surface area contributed by atoms with E-state index in [-0.39, 0.29) is 57.5 Å². The van der Waals surface area contributed by atoms with Crippen molar-refractivity contribution in [1.29, 1.82) is 0 Å². The zero-order valence-electron chi connectivity index (χ0n) is 14.7. The van der Waals surface area contributed by atoms with Gasteiger partial charge in [-0.05, 0) is 25.7 Å². The minimum Gasteiger partial charge on any atom is -0.748 e. The molecule has 0 aromatic rings. The molecule has 128 valence electrons. The molecule has 0 saturated heterocycles. The average molecular weight is 361 g/mol. The molecule has 0 rings (SSSR count). The Morgan fingerprint density at radius 3 is 1.77 bits per heavy atom. The van der Waals surface area contributed by atoms with Crippen molar-refractivity contribution in [1.82, 2.24) is 0 Å². The molecule has 0 aliphatic carbocycles. The first kappa shape index (κ1) is 25.7. The summed E-state index contributed by atoms with van der Waals surface area (Å²) in [5, 5.41) is 9.10. The summed E-state index contributed by atoms with van der Waals surface area (Å²) >= 11 is 0. The van der Waals surface area contributed by atoms with E-state index in [9.17, 15) is 18.1 Å². The van der Waals surface area contributed by atoms with Crippen LogP contribution >= 0.6 is 0 Å². The van der Waals surface area contributed by atoms with E-state index in [2.05, 4.69) is 6.92 Å². The van der Waals surface area contributed by atoms with Crippen LogP contribution in [0.4, 0.5) is 0 Å². The van der Waals surface area contributed by atoms with Crippen molar-refractivity contribution in [2.24, 2.45) is 0 Å². The summed E-state index contributed by atoms with van der Waals surface area (Å²) in [5.41, 5.74) is 0. The summed E-state index contributed by atoms with van der Waals surface area (Å²) < 4.78 is 33.2. The van der Waals surface area contributed by atoms with Crippen molar-refractivity contribution in [3.05, 3.63) is 0 Å².